The molecule has 20 heavy (non-hydrogen) atoms. The zero-order valence-corrected chi connectivity index (χ0v) is 11.8. The predicted octanol–water partition coefficient (Wildman–Crippen LogP) is 2.84. The Labute approximate surface area is 117 Å². The Hall–Kier alpha value is -2.14. The highest BCUT2D eigenvalue weighted by Crippen LogP contribution is 2.18. The molecule has 0 bridgehead atoms. The minimum atomic E-state index is -1.04. The van der Waals surface area contributed by atoms with E-state index in [-0.39, 0.29) is 5.69 Å². The number of carbonyl (C=O) groups is 1. The third-order valence-corrected chi connectivity index (χ3v) is 3.10. The number of carboxylic acids is 1. The topological polar surface area (TPSA) is 64.3 Å². The van der Waals surface area contributed by atoms with Gasteiger partial charge in [-0.25, -0.2) is 9.48 Å². The molecule has 5 heteroatoms. The fourth-order valence-electron chi connectivity index (χ4n) is 2.00. The molecule has 0 saturated heterocycles. The van der Waals surface area contributed by atoms with Gasteiger partial charge in [0.2, 0.25) is 0 Å². The van der Waals surface area contributed by atoms with Crippen LogP contribution in [-0.4, -0.2) is 28.0 Å². The molecular weight excluding hydrogens is 256 g/mol. The summed E-state index contributed by atoms with van der Waals surface area (Å²) in [6.07, 6.45) is 0. The molecule has 0 spiro atoms. The van der Waals surface area contributed by atoms with Gasteiger partial charge in [-0.15, -0.1) is 0 Å². The van der Waals surface area contributed by atoms with Crippen LogP contribution in [0.25, 0.3) is 5.69 Å². The summed E-state index contributed by atoms with van der Waals surface area (Å²) >= 11 is 0. The van der Waals surface area contributed by atoms with Gasteiger partial charge >= 0.3 is 5.97 Å². The van der Waals surface area contributed by atoms with Crippen LogP contribution in [0.4, 0.5) is 0 Å². The van der Waals surface area contributed by atoms with Crippen LogP contribution in [0.2, 0.25) is 0 Å². The molecule has 0 radical (unpaired) electrons. The van der Waals surface area contributed by atoms with Crippen molar-refractivity contribution in [2.24, 2.45) is 0 Å². The van der Waals surface area contributed by atoms with Crippen LogP contribution >= 0.6 is 0 Å². The SMILES string of the molecule is COCc1cc(C(=O)O)nn1-c1ccc(C(C)C)cc1. The summed E-state index contributed by atoms with van der Waals surface area (Å²) < 4.78 is 6.70. The van der Waals surface area contributed by atoms with E-state index in [2.05, 4.69) is 18.9 Å². The molecule has 0 saturated carbocycles. The Bertz CT molecular complexity index is 600. The minimum absolute atomic E-state index is 0.0185. The van der Waals surface area contributed by atoms with Crippen LogP contribution < -0.4 is 0 Å². The van der Waals surface area contributed by atoms with E-state index >= 15 is 0 Å². The van der Waals surface area contributed by atoms with Gasteiger partial charge in [0.25, 0.3) is 0 Å². The van der Waals surface area contributed by atoms with Crippen LogP contribution in [0.15, 0.2) is 30.3 Å². The van der Waals surface area contributed by atoms with Crippen molar-refractivity contribution in [3.05, 3.63) is 47.3 Å². The summed E-state index contributed by atoms with van der Waals surface area (Å²) in [4.78, 5) is 11.0. The first-order valence-corrected chi connectivity index (χ1v) is 6.44. The summed E-state index contributed by atoms with van der Waals surface area (Å²) in [6.45, 7) is 4.57. The Balaban J connectivity index is 2.42. The van der Waals surface area contributed by atoms with Crippen molar-refractivity contribution in [1.29, 1.82) is 0 Å². The third kappa shape index (κ3) is 2.88. The van der Waals surface area contributed by atoms with Crippen LogP contribution in [0.1, 0.15) is 41.5 Å². The van der Waals surface area contributed by atoms with Crippen molar-refractivity contribution in [1.82, 2.24) is 9.78 Å². The molecule has 1 aromatic heterocycles. The van der Waals surface area contributed by atoms with E-state index in [0.717, 1.165) is 5.69 Å². The van der Waals surface area contributed by atoms with Gasteiger partial charge in [0, 0.05) is 7.11 Å². The monoisotopic (exact) mass is 274 g/mol. The normalized spacial score (nSPS) is 11.0. The lowest BCUT2D eigenvalue weighted by molar-refractivity contribution is 0.0690. The summed E-state index contributed by atoms with van der Waals surface area (Å²) in [7, 11) is 1.57. The van der Waals surface area contributed by atoms with Gasteiger partial charge in [0.15, 0.2) is 5.69 Å². The maximum atomic E-state index is 11.0. The van der Waals surface area contributed by atoms with Gasteiger partial charge in [-0.1, -0.05) is 26.0 Å². The van der Waals surface area contributed by atoms with Gasteiger partial charge < -0.3 is 9.84 Å². The summed E-state index contributed by atoms with van der Waals surface area (Å²) in [6, 6.07) is 9.46. The van der Waals surface area contributed by atoms with Gasteiger partial charge in [-0.05, 0) is 29.7 Å². The number of aromatic carboxylic acids is 1. The highest BCUT2D eigenvalue weighted by atomic mass is 16.5. The van der Waals surface area contributed by atoms with Crippen LogP contribution in [0, 0.1) is 0 Å². The molecule has 0 atom stereocenters. The summed E-state index contributed by atoms with van der Waals surface area (Å²) in [5.74, 6) is -0.588. The average Bonchev–Trinajstić information content (AvgIpc) is 2.83. The lowest BCUT2D eigenvalue weighted by atomic mass is 10.0. The molecule has 2 aromatic rings. The number of nitrogens with zero attached hydrogens (tertiary/aromatic N) is 2. The largest absolute Gasteiger partial charge is 0.476 e. The van der Waals surface area contributed by atoms with E-state index in [0.29, 0.717) is 18.2 Å². The highest BCUT2D eigenvalue weighted by Gasteiger charge is 2.14. The molecule has 2 rings (SSSR count). The molecule has 0 aliphatic heterocycles. The number of carboxylic acid groups (broad SMARTS) is 1. The highest BCUT2D eigenvalue weighted by molar-refractivity contribution is 5.85. The minimum Gasteiger partial charge on any atom is -0.476 e. The van der Waals surface area contributed by atoms with Crippen molar-refractivity contribution < 1.29 is 14.6 Å². The van der Waals surface area contributed by atoms with Crippen LogP contribution in [0.5, 0.6) is 0 Å². The predicted molar refractivity (Wildman–Crippen MR) is 75.3 cm³/mol. The van der Waals surface area contributed by atoms with E-state index in [4.69, 9.17) is 9.84 Å². The second kappa shape index (κ2) is 5.88. The van der Waals surface area contributed by atoms with E-state index in [9.17, 15) is 4.79 Å². The van der Waals surface area contributed by atoms with E-state index in [1.54, 1.807) is 11.8 Å². The molecule has 1 N–H and O–H groups in total. The van der Waals surface area contributed by atoms with E-state index in [1.165, 1.54) is 11.6 Å². The summed E-state index contributed by atoms with van der Waals surface area (Å²) in [5, 5.41) is 13.1. The number of hydrogen-bond donors (Lipinski definition) is 1. The molecule has 0 unspecified atom stereocenters. The number of methoxy groups -OCH3 is 1. The van der Waals surface area contributed by atoms with Crippen LogP contribution in [0.3, 0.4) is 0 Å². The fraction of sp³-hybridized carbons (Fsp3) is 0.333. The van der Waals surface area contributed by atoms with Crippen molar-refractivity contribution in [2.45, 2.75) is 26.4 Å². The van der Waals surface area contributed by atoms with E-state index in [1.807, 2.05) is 24.3 Å². The Morgan fingerprint density at radius 3 is 2.50 bits per heavy atom. The van der Waals surface area contributed by atoms with Gasteiger partial charge in [-0.2, -0.15) is 5.10 Å². The second-order valence-electron chi connectivity index (χ2n) is 4.92. The molecule has 5 nitrogen and oxygen atoms in total. The molecule has 0 fully saturated rings. The molecule has 0 aliphatic rings. The van der Waals surface area contributed by atoms with Crippen molar-refractivity contribution >= 4 is 5.97 Å². The van der Waals surface area contributed by atoms with Crippen molar-refractivity contribution in [3.63, 3.8) is 0 Å². The maximum absolute atomic E-state index is 11.0. The molecular formula is C15H18N2O3. The number of hydrogen-bond acceptors (Lipinski definition) is 3. The molecule has 1 heterocycles. The standard InChI is InChI=1S/C15H18N2O3/c1-10(2)11-4-6-12(7-5-11)17-13(9-20-3)8-14(16-17)15(18)19/h4-8,10H,9H2,1-3H3,(H,18,19). The van der Waals surface area contributed by atoms with E-state index < -0.39 is 5.97 Å². The third-order valence-electron chi connectivity index (χ3n) is 3.10. The molecule has 0 amide bonds. The van der Waals surface area contributed by atoms with Gasteiger partial charge in [0.05, 0.1) is 18.0 Å². The summed E-state index contributed by atoms with van der Waals surface area (Å²) in [5.41, 5.74) is 2.79. The molecule has 106 valence electrons. The second-order valence-corrected chi connectivity index (χ2v) is 4.92. The number of rotatable bonds is 5. The number of aromatic nitrogens is 2. The first-order chi connectivity index (χ1) is 9.52. The quantitative estimate of drug-likeness (QED) is 0.910. The first kappa shape index (κ1) is 14.3. The zero-order valence-electron chi connectivity index (χ0n) is 11.8. The lowest BCUT2D eigenvalue weighted by Crippen LogP contribution is -2.04. The Kier molecular flexibility index (Phi) is 4.20. The van der Waals surface area contributed by atoms with Gasteiger partial charge in [-0.3, -0.25) is 0 Å². The van der Waals surface area contributed by atoms with Crippen molar-refractivity contribution in [2.75, 3.05) is 7.11 Å². The van der Waals surface area contributed by atoms with Crippen molar-refractivity contribution in [3.8, 4) is 5.69 Å². The lowest BCUT2D eigenvalue weighted by Gasteiger charge is -2.09. The zero-order chi connectivity index (χ0) is 14.7. The smallest absolute Gasteiger partial charge is 0.356 e. The maximum Gasteiger partial charge on any atom is 0.356 e. The number of ether oxygens (including phenoxy) is 1. The fourth-order valence-corrected chi connectivity index (χ4v) is 2.00. The van der Waals surface area contributed by atoms with Crippen LogP contribution in [-0.2, 0) is 11.3 Å². The number of benzene rings is 1. The molecule has 0 aliphatic carbocycles. The molecule has 1 aromatic carbocycles. The first-order valence-electron chi connectivity index (χ1n) is 6.44. The Morgan fingerprint density at radius 2 is 2.00 bits per heavy atom. The Morgan fingerprint density at radius 1 is 1.35 bits per heavy atom. The van der Waals surface area contributed by atoms with Gasteiger partial charge in [0.1, 0.15) is 0 Å². The average molecular weight is 274 g/mol.